The second-order valence-corrected chi connectivity index (χ2v) is 5.86. The Morgan fingerprint density at radius 2 is 1.65 bits per heavy atom. The van der Waals surface area contributed by atoms with E-state index in [1.54, 1.807) is 11.8 Å². The summed E-state index contributed by atoms with van der Waals surface area (Å²) in [6, 6.07) is 15.6. The zero-order valence-corrected chi connectivity index (χ0v) is 12.5. The molecule has 2 nitrogen and oxygen atoms in total. The summed E-state index contributed by atoms with van der Waals surface area (Å²) in [4.78, 5) is 10.6. The Morgan fingerprint density at radius 1 is 1.00 bits per heavy atom. The smallest absolute Gasteiger partial charge is 0.307 e. The predicted molar refractivity (Wildman–Crippen MR) is 84.2 cm³/mol. The van der Waals surface area contributed by atoms with Gasteiger partial charge in [0, 0.05) is 16.5 Å². The number of halogens is 1. The molecule has 0 fully saturated rings. The second kappa shape index (κ2) is 7.36. The molecule has 0 unspecified atom stereocenters. The summed E-state index contributed by atoms with van der Waals surface area (Å²) in [6.07, 6.45) is 0.0764. The Balaban J connectivity index is 1.85. The summed E-state index contributed by atoms with van der Waals surface area (Å²) in [7, 11) is 0. The van der Waals surface area contributed by atoms with Gasteiger partial charge in [-0.15, -0.1) is 0 Å². The van der Waals surface area contributed by atoms with Crippen molar-refractivity contribution >= 4 is 29.3 Å². The molecule has 0 aliphatic rings. The molecular weight excluding hydrogens is 292 g/mol. The molecule has 0 atom stereocenters. The SMILES string of the molecule is O=C(O)Cc1ccc(CSCc2ccccc2Cl)cc1. The van der Waals surface area contributed by atoms with Gasteiger partial charge in [0.1, 0.15) is 0 Å². The molecule has 104 valence electrons. The van der Waals surface area contributed by atoms with E-state index in [0.29, 0.717) is 0 Å². The molecular formula is C16H15ClO2S. The number of benzene rings is 2. The maximum absolute atomic E-state index is 10.6. The Labute approximate surface area is 127 Å². The molecule has 2 rings (SSSR count). The topological polar surface area (TPSA) is 37.3 Å². The third kappa shape index (κ3) is 4.58. The van der Waals surface area contributed by atoms with Crippen LogP contribution in [-0.2, 0) is 22.7 Å². The van der Waals surface area contributed by atoms with Crippen molar-refractivity contribution in [1.29, 1.82) is 0 Å². The molecule has 20 heavy (non-hydrogen) atoms. The fourth-order valence-electron chi connectivity index (χ4n) is 1.82. The molecule has 0 aromatic heterocycles. The lowest BCUT2D eigenvalue weighted by atomic mass is 10.1. The predicted octanol–water partition coefficient (Wildman–Crippen LogP) is 4.40. The molecule has 0 amide bonds. The summed E-state index contributed by atoms with van der Waals surface area (Å²) < 4.78 is 0. The van der Waals surface area contributed by atoms with Gasteiger partial charge in [0.25, 0.3) is 0 Å². The van der Waals surface area contributed by atoms with Gasteiger partial charge in [-0.1, -0.05) is 54.1 Å². The van der Waals surface area contributed by atoms with Gasteiger partial charge in [-0.3, -0.25) is 4.79 Å². The summed E-state index contributed by atoms with van der Waals surface area (Å²) in [5.41, 5.74) is 3.16. The number of carboxylic acid groups (broad SMARTS) is 1. The normalized spacial score (nSPS) is 10.4. The van der Waals surface area contributed by atoms with Crippen molar-refractivity contribution in [3.05, 3.63) is 70.2 Å². The number of aliphatic carboxylic acids is 1. The van der Waals surface area contributed by atoms with E-state index in [1.165, 1.54) is 5.56 Å². The van der Waals surface area contributed by atoms with Crippen LogP contribution in [0.2, 0.25) is 5.02 Å². The number of rotatable bonds is 6. The van der Waals surface area contributed by atoms with Gasteiger partial charge in [0.15, 0.2) is 0 Å². The van der Waals surface area contributed by atoms with E-state index < -0.39 is 5.97 Å². The van der Waals surface area contributed by atoms with E-state index in [4.69, 9.17) is 16.7 Å². The lowest BCUT2D eigenvalue weighted by Gasteiger charge is -2.05. The van der Waals surface area contributed by atoms with Crippen molar-refractivity contribution in [2.45, 2.75) is 17.9 Å². The molecule has 0 bridgehead atoms. The average Bonchev–Trinajstić information content (AvgIpc) is 2.42. The fourth-order valence-corrected chi connectivity index (χ4v) is 3.11. The van der Waals surface area contributed by atoms with Crippen LogP contribution in [0.4, 0.5) is 0 Å². The van der Waals surface area contributed by atoms with E-state index in [0.717, 1.165) is 27.7 Å². The Hall–Kier alpha value is -1.45. The number of thioether (sulfide) groups is 1. The first-order chi connectivity index (χ1) is 9.65. The van der Waals surface area contributed by atoms with Crippen LogP contribution in [0.25, 0.3) is 0 Å². The largest absolute Gasteiger partial charge is 0.481 e. The number of hydrogen-bond donors (Lipinski definition) is 1. The summed E-state index contributed by atoms with van der Waals surface area (Å²) in [5, 5.41) is 9.52. The van der Waals surface area contributed by atoms with Crippen molar-refractivity contribution in [3.63, 3.8) is 0 Å². The van der Waals surface area contributed by atoms with Gasteiger partial charge in [0.2, 0.25) is 0 Å². The van der Waals surface area contributed by atoms with Crippen LogP contribution in [0.15, 0.2) is 48.5 Å². The summed E-state index contributed by atoms with van der Waals surface area (Å²) in [6.45, 7) is 0. The van der Waals surface area contributed by atoms with Gasteiger partial charge in [-0.2, -0.15) is 11.8 Å². The first-order valence-electron chi connectivity index (χ1n) is 6.26. The molecule has 2 aromatic carbocycles. The molecule has 0 radical (unpaired) electrons. The van der Waals surface area contributed by atoms with Crippen LogP contribution >= 0.6 is 23.4 Å². The maximum atomic E-state index is 10.6. The van der Waals surface area contributed by atoms with Crippen LogP contribution in [0.5, 0.6) is 0 Å². The van der Waals surface area contributed by atoms with Gasteiger partial charge in [-0.05, 0) is 22.8 Å². The first-order valence-corrected chi connectivity index (χ1v) is 7.79. The van der Waals surface area contributed by atoms with Crippen LogP contribution < -0.4 is 0 Å². The molecule has 0 heterocycles. The maximum Gasteiger partial charge on any atom is 0.307 e. The minimum absolute atomic E-state index is 0.0764. The van der Waals surface area contributed by atoms with Crippen molar-refractivity contribution in [2.75, 3.05) is 0 Å². The molecule has 4 heteroatoms. The highest BCUT2D eigenvalue weighted by molar-refractivity contribution is 7.97. The standard InChI is InChI=1S/C16H15ClO2S/c17-15-4-2-1-3-14(15)11-20-10-13-7-5-12(6-8-13)9-16(18)19/h1-8H,9-11H2,(H,18,19). The third-order valence-electron chi connectivity index (χ3n) is 2.86. The monoisotopic (exact) mass is 306 g/mol. The molecule has 0 aliphatic carbocycles. The molecule has 1 N–H and O–H groups in total. The van der Waals surface area contributed by atoms with Gasteiger partial charge < -0.3 is 5.11 Å². The van der Waals surface area contributed by atoms with Crippen LogP contribution in [0, 0.1) is 0 Å². The van der Waals surface area contributed by atoms with Crippen LogP contribution in [0.1, 0.15) is 16.7 Å². The zero-order chi connectivity index (χ0) is 14.4. The third-order valence-corrected chi connectivity index (χ3v) is 4.28. The molecule has 0 spiro atoms. The zero-order valence-electron chi connectivity index (χ0n) is 10.9. The van der Waals surface area contributed by atoms with Gasteiger partial charge in [0.05, 0.1) is 6.42 Å². The average molecular weight is 307 g/mol. The van der Waals surface area contributed by atoms with Gasteiger partial charge >= 0.3 is 5.97 Å². The molecule has 0 aliphatic heterocycles. The Kier molecular flexibility index (Phi) is 5.50. The van der Waals surface area contributed by atoms with Crippen molar-refractivity contribution < 1.29 is 9.90 Å². The van der Waals surface area contributed by atoms with E-state index >= 15 is 0 Å². The summed E-state index contributed by atoms with van der Waals surface area (Å²) >= 11 is 7.90. The highest BCUT2D eigenvalue weighted by Crippen LogP contribution is 2.23. The van der Waals surface area contributed by atoms with Crippen LogP contribution in [-0.4, -0.2) is 11.1 Å². The molecule has 2 aromatic rings. The quantitative estimate of drug-likeness (QED) is 0.859. The molecule has 0 saturated carbocycles. The first kappa shape index (κ1) is 14.9. The highest BCUT2D eigenvalue weighted by atomic mass is 35.5. The van der Waals surface area contributed by atoms with E-state index in [9.17, 15) is 4.79 Å². The molecule has 0 saturated heterocycles. The fraction of sp³-hybridized carbons (Fsp3) is 0.188. The lowest BCUT2D eigenvalue weighted by Crippen LogP contribution is -1.99. The van der Waals surface area contributed by atoms with Crippen molar-refractivity contribution in [1.82, 2.24) is 0 Å². The second-order valence-electron chi connectivity index (χ2n) is 4.47. The van der Waals surface area contributed by atoms with E-state index in [-0.39, 0.29) is 6.42 Å². The minimum Gasteiger partial charge on any atom is -0.481 e. The Bertz CT molecular complexity index is 581. The Morgan fingerprint density at radius 3 is 2.30 bits per heavy atom. The summed E-state index contributed by atoms with van der Waals surface area (Å²) in [5.74, 6) is 0.959. The van der Waals surface area contributed by atoms with E-state index in [1.807, 2.05) is 48.5 Å². The highest BCUT2D eigenvalue weighted by Gasteiger charge is 2.02. The van der Waals surface area contributed by atoms with Crippen LogP contribution in [0.3, 0.4) is 0 Å². The van der Waals surface area contributed by atoms with Crippen molar-refractivity contribution in [2.24, 2.45) is 0 Å². The number of carboxylic acids is 1. The number of hydrogen-bond acceptors (Lipinski definition) is 2. The number of carbonyl (C=O) groups is 1. The lowest BCUT2D eigenvalue weighted by molar-refractivity contribution is -0.136. The van der Waals surface area contributed by atoms with Crippen molar-refractivity contribution in [3.8, 4) is 0 Å². The minimum atomic E-state index is -0.800. The van der Waals surface area contributed by atoms with E-state index in [2.05, 4.69) is 0 Å². The van der Waals surface area contributed by atoms with Gasteiger partial charge in [-0.25, -0.2) is 0 Å².